The molecule has 2 heterocycles. The molecule has 0 aliphatic carbocycles. The van der Waals surface area contributed by atoms with Crippen LogP contribution in [0, 0.1) is 0 Å². The minimum Gasteiger partial charge on any atom is -0.384 e. The van der Waals surface area contributed by atoms with Crippen LogP contribution in [0.4, 0.5) is 5.82 Å². The molecule has 2 N–H and O–H groups in total. The molecule has 4 nitrogen and oxygen atoms in total. The number of benzene rings is 1. The first-order chi connectivity index (χ1) is 9.33. The number of anilines is 1. The van der Waals surface area contributed by atoms with Crippen molar-refractivity contribution in [2.75, 3.05) is 18.9 Å². The number of rotatable bonds is 2. The number of aromatic nitrogens is 2. The zero-order valence-corrected chi connectivity index (χ0v) is 10.7. The summed E-state index contributed by atoms with van der Waals surface area (Å²) in [5.74, 6) is 1.75. The minimum atomic E-state index is 0.361. The molecule has 0 spiro atoms. The first-order valence-electron chi connectivity index (χ1n) is 6.60. The Morgan fingerprint density at radius 3 is 2.53 bits per heavy atom. The standard InChI is InChI=1S/C15H17N3O/c16-14-10-13(11-4-2-1-3-5-11)17-15(18-14)12-6-8-19-9-7-12/h1-5,10,12H,6-9H2,(H2,16,17,18). The monoisotopic (exact) mass is 255 g/mol. The van der Waals surface area contributed by atoms with Crippen molar-refractivity contribution in [3.63, 3.8) is 0 Å². The summed E-state index contributed by atoms with van der Waals surface area (Å²) in [6.45, 7) is 1.56. The van der Waals surface area contributed by atoms with Gasteiger partial charge in [-0.25, -0.2) is 9.97 Å². The van der Waals surface area contributed by atoms with E-state index in [1.54, 1.807) is 0 Å². The van der Waals surface area contributed by atoms with Gasteiger partial charge >= 0.3 is 0 Å². The van der Waals surface area contributed by atoms with Crippen molar-refractivity contribution in [2.24, 2.45) is 0 Å². The summed E-state index contributed by atoms with van der Waals surface area (Å²) in [5.41, 5.74) is 7.89. The van der Waals surface area contributed by atoms with E-state index >= 15 is 0 Å². The van der Waals surface area contributed by atoms with E-state index in [9.17, 15) is 0 Å². The van der Waals surface area contributed by atoms with Crippen molar-refractivity contribution in [1.29, 1.82) is 0 Å². The second-order valence-corrected chi connectivity index (χ2v) is 4.79. The smallest absolute Gasteiger partial charge is 0.134 e. The number of nitrogens with zero attached hydrogens (tertiary/aromatic N) is 2. The maximum Gasteiger partial charge on any atom is 0.134 e. The van der Waals surface area contributed by atoms with Crippen LogP contribution in [0.25, 0.3) is 11.3 Å². The molecule has 1 aliphatic rings. The normalized spacial score (nSPS) is 16.4. The molecule has 98 valence electrons. The van der Waals surface area contributed by atoms with Crippen molar-refractivity contribution in [3.05, 3.63) is 42.2 Å². The predicted octanol–water partition coefficient (Wildman–Crippen LogP) is 2.62. The summed E-state index contributed by atoms with van der Waals surface area (Å²) < 4.78 is 5.38. The first-order valence-corrected chi connectivity index (χ1v) is 6.60. The first kappa shape index (κ1) is 12.1. The Morgan fingerprint density at radius 2 is 1.79 bits per heavy atom. The van der Waals surface area contributed by atoms with Gasteiger partial charge in [0.25, 0.3) is 0 Å². The highest BCUT2D eigenvalue weighted by Gasteiger charge is 2.19. The van der Waals surface area contributed by atoms with Gasteiger partial charge in [-0.05, 0) is 12.8 Å². The lowest BCUT2D eigenvalue weighted by molar-refractivity contribution is 0.0836. The van der Waals surface area contributed by atoms with Crippen LogP contribution in [0.1, 0.15) is 24.6 Å². The van der Waals surface area contributed by atoms with Crippen LogP contribution in [0.15, 0.2) is 36.4 Å². The molecular weight excluding hydrogens is 238 g/mol. The van der Waals surface area contributed by atoms with Gasteiger partial charge in [0.2, 0.25) is 0 Å². The molecule has 0 radical (unpaired) electrons. The van der Waals surface area contributed by atoms with E-state index < -0.39 is 0 Å². The van der Waals surface area contributed by atoms with Crippen molar-refractivity contribution in [3.8, 4) is 11.3 Å². The van der Waals surface area contributed by atoms with Gasteiger partial charge in [-0.2, -0.15) is 0 Å². The average Bonchev–Trinajstić information content (AvgIpc) is 2.48. The average molecular weight is 255 g/mol. The van der Waals surface area contributed by atoms with Gasteiger partial charge in [0.1, 0.15) is 11.6 Å². The van der Waals surface area contributed by atoms with Gasteiger partial charge in [-0.15, -0.1) is 0 Å². The molecule has 1 aliphatic heterocycles. The molecule has 1 fully saturated rings. The summed E-state index contributed by atoms with van der Waals surface area (Å²) in [7, 11) is 0. The topological polar surface area (TPSA) is 61.0 Å². The zero-order chi connectivity index (χ0) is 13.1. The van der Waals surface area contributed by atoms with Crippen molar-refractivity contribution >= 4 is 5.82 Å². The number of nitrogen functional groups attached to an aromatic ring is 1. The molecule has 1 saturated heterocycles. The molecule has 4 heteroatoms. The zero-order valence-electron chi connectivity index (χ0n) is 10.7. The summed E-state index contributed by atoms with van der Waals surface area (Å²) in [5, 5.41) is 0. The minimum absolute atomic E-state index is 0.361. The van der Waals surface area contributed by atoms with Crippen LogP contribution in [0.5, 0.6) is 0 Å². The van der Waals surface area contributed by atoms with Crippen LogP contribution in [0.2, 0.25) is 0 Å². The Hall–Kier alpha value is -1.94. The van der Waals surface area contributed by atoms with Crippen molar-refractivity contribution in [1.82, 2.24) is 9.97 Å². The second kappa shape index (κ2) is 5.36. The molecular formula is C15H17N3O. The fourth-order valence-corrected chi connectivity index (χ4v) is 2.38. The Balaban J connectivity index is 1.96. The third-order valence-corrected chi connectivity index (χ3v) is 3.42. The summed E-state index contributed by atoms with van der Waals surface area (Å²) in [6.07, 6.45) is 1.94. The molecule has 19 heavy (non-hydrogen) atoms. The molecule has 1 aromatic carbocycles. The van der Waals surface area contributed by atoms with Gasteiger partial charge in [0.15, 0.2) is 0 Å². The van der Waals surface area contributed by atoms with Crippen LogP contribution in [-0.2, 0) is 4.74 Å². The summed E-state index contributed by atoms with van der Waals surface area (Å²) in [6, 6.07) is 11.9. The maximum absolute atomic E-state index is 5.92. The molecule has 0 saturated carbocycles. The van der Waals surface area contributed by atoms with E-state index in [-0.39, 0.29) is 0 Å². The lowest BCUT2D eigenvalue weighted by Crippen LogP contribution is -2.17. The van der Waals surface area contributed by atoms with Gasteiger partial charge in [-0.1, -0.05) is 30.3 Å². The summed E-state index contributed by atoms with van der Waals surface area (Å²) >= 11 is 0. The highest BCUT2D eigenvalue weighted by Crippen LogP contribution is 2.27. The number of ether oxygens (including phenoxy) is 1. The maximum atomic E-state index is 5.92. The van der Waals surface area contributed by atoms with E-state index in [4.69, 9.17) is 10.5 Å². The van der Waals surface area contributed by atoms with Crippen LogP contribution < -0.4 is 5.73 Å². The highest BCUT2D eigenvalue weighted by atomic mass is 16.5. The van der Waals surface area contributed by atoms with Gasteiger partial charge in [0, 0.05) is 30.8 Å². The van der Waals surface area contributed by atoms with E-state index in [2.05, 4.69) is 9.97 Å². The highest BCUT2D eigenvalue weighted by molar-refractivity contribution is 5.61. The molecule has 0 amide bonds. The molecule has 2 aromatic rings. The predicted molar refractivity (Wildman–Crippen MR) is 74.7 cm³/mol. The lowest BCUT2D eigenvalue weighted by Gasteiger charge is -2.21. The van der Waals surface area contributed by atoms with Crippen molar-refractivity contribution in [2.45, 2.75) is 18.8 Å². The molecule has 0 bridgehead atoms. The van der Waals surface area contributed by atoms with E-state index in [1.165, 1.54) is 0 Å². The Labute approximate surface area is 112 Å². The van der Waals surface area contributed by atoms with Gasteiger partial charge in [-0.3, -0.25) is 0 Å². The lowest BCUT2D eigenvalue weighted by atomic mass is 9.99. The fraction of sp³-hybridized carbons (Fsp3) is 0.333. The number of hydrogen-bond acceptors (Lipinski definition) is 4. The SMILES string of the molecule is Nc1cc(-c2ccccc2)nc(C2CCOCC2)n1. The van der Waals surface area contributed by atoms with Gasteiger partial charge in [0.05, 0.1) is 5.69 Å². The van der Waals surface area contributed by atoms with Crippen LogP contribution >= 0.6 is 0 Å². The Bertz CT molecular complexity index is 551. The van der Waals surface area contributed by atoms with E-state index in [0.717, 1.165) is 43.1 Å². The Kier molecular flexibility index (Phi) is 3.42. The largest absolute Gasteiger partial charge is 0.384 e. The third-order valence-electron chi connectivity index (χ3n) is 3.42. The second-order valence-electron chi connectivity index (χ2n) is 4.79. The van der Waals surface area contributed by atoms with Gasteiger partial charge < -0.3 is 10.5 Å². The van der Waals surface area contributed by atoms with Crippen LogP contribution in [0.3, 0.4) is 0 Å². The molecule has 1 aromatic heterocycles. The molecule has 0 atom stereocenters. The van der Waals surface area contributed by atoms with E-state index in [0.29, 0.717) is 11.7 Å². The number of nitrogens with two attached hydrogens (primary N) is 1. The number of hydrogen-bond donors (Lipinski definition) is 1. The third kappa shape index (κ3) is 2.74. The van der Waals surface area contributed by atoms with Crippen molar-refractivity contribution < 1.29 is 4.74 Å². The quantitative estimate of drug-likeness (QED) is 0.896. The fourth-order valence-electron chi connectivity index (χ4n) is 2.38. The summed E-state index contributed by atoms with van der Waals surface area (Å²) in [4.78, 5) is 9.07. The van der Waals surface area contributed by atoms with E-state index in [1.807, 2.05) is 36.4 Å². The molecule has 3 rings (SSSR count). The molecule has 0 unspecified atom stereocenters. The van der Waals surface area contributed by atoms with Crippen LogP contribution in [-0.4, -0.2) is 23.2 Å². The Morgan fingerprint density at radius 1 is 1.05 bits per heavy atom.